The number of hydrogen-bond donors (Lipinski definition) is 2. The summed E-state index contributed by atoms with van der Waals surface area (Å²) in [5.41, 5.74) is 5.48. The molecular formula is C12H15FN2O3S. The average molecular weight is 286 g/mol. The van der Waals surface area contributed by atoms with Crippen molar-refractivity contribution < 1.29 is 17.6 Å². The second-order valence-corrected chi connectivity index (χ2v) is 6.98. The quantitative estimate of drug-likeness (QED) is 0.801. The molecule has 1 unspecified atom stereocenters. The van der Waals surface area contributed by atoms with Crippen LogP contribution in [0.15, 0.2) is 18.2 Å². The Morgan fingerprint density at radius 3 is 2.79 bits per heavy atom. The minimum absolute atomic E-state index is 0.0818. The first-order valence-corrected chi connectivity index (χ1v) is 7.66. The van der Waals surface area contributed by atoms with Gasteiger partial charge in [0.05, 0.1) is 16.7 Å². The van der Waals surface area contributed by atoms with E-state index < -0.39 is 26.8 Å². The van der Waals surface area contributed by atoms with E-state index in [1.165, 1.54) is 12.1 Å². The molecule has 1 aromatic rings. The molecule has 1 fully saturated rings. The number of rotatable bonds is 3. The Balaban J connectivity index is 2.00. The van der Waals surface area contributed by atoms with Crippen LogP contribution < -0.4 is 11.1 Å². The monoisotopic (exact) mass is 286 g/mol. The van der Waals surface area contributed by atoms with E-state index in [0.29, 0.717) is 12.8 Å². The van der Waals surface area contributed by atoms with Gasteiger partial charge in [-0.1, -0.05) is 0 Å². The highest BCUT2D eigenvalue weighted by Crippen LogP contribution is 2.19. The molecule has 1 atom stereocenters. The Morgan fingerprint density at radius 1 is 1.47 bits per heavy atom. The van der Waals surface area contributed by atoms with Gasteiger partial charge in [0.25, 0.3) is 5.91 Å². The number of halogens is 1. The lowest BCUT2D eigenvalue weighted by molar-refractivity contribution is 0.0953. The number of nitrogens with one attached hydrogen (secondary N) is 1. The van der Waals surface area contributed by atoms with Crippen molar-refractivity contribution in [1.29, 1.82) is 0 Å². The predicted octanol–water partition coefficient (Wildman–Crippen LogP) is 0.715. The third-order valence-corrected chi connectivity index (χ3v) is 5.49. The van der Waals surface area contributed by atoms with Crippen LogP contribution in [0.1, 0.15) is 23.2 Å². The molecule has 19 heavy (non-hydrogen) atoms. The maximum atomic E-state index is 13.0. The van der Waals surface area contributed by atoms with Gasteiger partial charge in [-0.25, -0.2) is 12.8 Å². The second kappa shape index (κ2) is 5.16. The van der Waals surface area contributed by atoms with Gasteiger partial charge in [0.15, 0.2) is 9.84 Å². The molecule has 1 aliphatic heterocycles. The number of anilines is 1. The van der Waals surface area contributed by atoms with Crippen molar-refractivity contribution in [3.05, 3.63) is 29.6 Å². The van der Waals surface area contributed by atoms with Gasteiger partial charge in [-0.2, -0.15) is 0 Å². The minimum Gasteiger partial charge on any atom is -0.396 e. The zero-order chi connectivity index (χ0) is 14.0. The summed E-state index contributed by atoms with van der Waals surface area (Å²) < 4.78 is 36.1. The van der Waals surface area contributed by atoms with Gasteiger partial charge in [0, 0.05) is 12.1 Å². The Kier molecular flexibility index (Phi) is 3.75. The summed E-state index contributed by atoms with van der Waals surface area (Å²) in [6.45, 7) is 0.0818. The molecule has 0 spiro atoms. The summed E-state index contributed by atoms with van der Waals surface area (Å²) in [7, 11) is -3.08. The largest absolute Gasteiger partial charge is 0.396 e. The van der Waals surface area contributed by atoms with Crippen LogP contribution in [0, 0.1) is 5.82 Å². The molecular weight excluding hydrogens is 271 g/mol. The Hall–Kier alpha value is -1.63. The van der Waals surface area contributed by atoms with Gasteiger partial charge in [-0.15, -0.1) is 0 Å². The normalized spacial score (nSPS) is 21.2. The fourth-order valence-corrected chi connectivity index (χ4v) is 3.85. The molecule has 7 heteroatoms. The summed E-state index contributed by atoms with van der Waals surface area (Å²) in [4.78, 5) is 11.8. The van der Waals surface area contributed by atoms with Crippen molar-refractivity contribution in [3.8, 4) is 0 Å². The van der Waals surface area contributed by atoms with Crippen LogP contribution in [0.3, 0.4) is 0 Å². The Morgan fingerprint density at radius 2 is 2.21 bits per heavy atom. The van der Waals surface area contributed by atoms with Crippen molar-refractivity contribution >= 4 is 21.4 Å². The van der Waals surface area contributed by atoms with Crippen LogP contribution in [0.5, 0.6) is 0 Å². The van der Waals surface area contributed by atoms with E-state index in [1.807, 2.05) is 0 Å². The van der Waals surface area contributed by atoms with Crippen LogP contribution in [-0.4, -0.2) is 31.9 Å². The molecule has 1 aliphatic rings. The fourth-order valence-electron chi connectivity index (χ4n) is 2.08. The summed E-state index contributed by atoms with van der Waals surface area (Å²) in [6.07, 6.45) is 1.19. The van der Waals surface area contributed by atoms with E-state index in [-0.39, 0.29) is 23.5 Å². The molecule has 0 bridgehead atoms. The zero-order valence-corrected chi connectivity index (χ0v) is 11.0. The molecule has 5 nitrogen and oxygen atoms in total. The highest BCUT2D eigenvalue weighted by Gasteiger charge is 2.31. The first kappa shape index (κ1) is 13.8. The van der Waals surface area contributed by atoms with Gasteiger partial charge in [-0.05, 0) is 31.0 Å². The Bertz CT molecular complexity index is 601. The number of carbonyl (C=O) groups excluding carboxylic acids is 1. The van der Waals surface area contributed by atoms with E-state index in [9.17, 15) is 17.6 Å². The third kappa shape index (κ3) is 3.04. The molecule has 104 valence electrons. The molecule has 0 aromatic heterocycles. The van der Waals surface area contributed by atoms with E-state index in [0.717, 1.165) is 6.07 Å². The van der Waals surface area contributed by atoms with E-state index in [1.54, 1.807) is 0 Å². The fraction of sp³-hybridized carbons (Fsp3) is 0.417. The molecule has 0 radical (unpaired) electrons. The van der Waals surface area contributed by atoms with E-state index in [4.69, 9.17) is 5.73 Å². The summed E-state index contributed by atoms with van der Waals surface area (Å²) in [5.74, 6) is -0.861. The first-order chi connectivity index (χ1) is 8.90. The number of carbonyl (C=O) groups is 1. The lowest BCUT2D eigenvalue weighted by Gasteiger charge is -2.11. The summed E-state index contributed by atoms with van der Waals surface area (Å²) in [5, 5.41) is 2.03. The van der Waals surface area contributed by atoms with Gasteiger partial charge >= 0.3 is 0 Å². The van der Waals surface area contributed by atoms with Crippen LogP contribution >= 0.6 is 0 Å². The smallest absolute Gasteiger partial charge is 0.251 e. The summed E-state index contributed by atoms with van der Waals surface area (Å²) in [6, 6.07) is 3.65. The van der Waals surface area contributed by atoms with Gasteiger partial charge in [0.1, 0.15) is 5.82 Å². The second-order valence-electron chi connectivity index (χ2n) is 4.58. The SMILES string of the molecule is Nc1cc(C(=O)NCC2CCCS2(=O)=O)ccc1F. The zero-order valence-electron chi connectivity index (χ0n) is 10.2. The van der Waals surface area contributed by atoms with Crippen LogP contribution in [0.4, 0.5) is 10.1 Å². The van der Waals surface area contributed by atoms with Gasteiger partial charge < -0.3 is 11.1 Å². The molecule has 2 rings (SSSR count). The highest BCUT2D eigenvalue weighted by atomic mass is 32.2. The average Bonchev–Trinajstić information content (AvgIpc) is 2.69. The maximum Gasteiger partial charge on any atom is 0.251 e. The molecule has 1 saturated heterocycles. The number of nitrogen functional groups attached to an aromatic ring is 1. The van der Waals surface area contributed by atoms with Crippen LogP contribution in [0.2, 0.25) is 0 Å². The van der Waals surface area contributed by atoms with Crippen molar-refractivity contribution in [3.63, 3.8) is 0 Å². The number of nitrogens with two attached hydrogens (primary N) is 1. The summed E-state index contributed by atoms with van der Waals surface area (Å²) >= 11 is 0. The number of benzene rings is 1. The predicted molar refractivity (Wildman–Crippen MR) is 70.0 cm³/mol. The number of amides is 1. The topological polar surface area (TPSA) is 89.3 Å². The third-order valence-electron chi connectivity index (χ3n) is 3.21. The first-order valence-electron chi connectivity index (χ1n) is 5.95. The van der Waals surface area contributed by atoms with E-state index in [2.05, 4.69) is 5.32 Å². The van der Waals surface area contributed by atoms with Crippen molar-refractivity contribution in [1.82, 2.24) is 5.32 Å². The van der Waals surface area contributed by atoms with Crippen molar-refractivity contribution in [2.24, 2.45) is 0 Å². The molecule has 1 heterocycles. The van der Waals surface area contributed by atoms with E-state index >= 15 is 0 Å². The number of hydrogen-bond acceptors (Lipinski definition) is 4. The number of sulfone groups is 1. The van der Waals surface area contributed by atoms with Gasteiger partial charge in [-0.3, -0.25) is 4.79 Å². The molecule has 1 aromatic carbocycles. The molecule has 1 amide bonds. The van der Waals surface area contributed by atoms with Crippen molar-refractivity contribution in [2.45, 2.75) is 18.1 Å². The lowest BCUT2D eigenvalue weighted by atomic mass is 10.2. The molecule has 3 N–H and O–H groups in total. The highest BCUT2D eigenvalue weighted by molar-refractivity contribution is 7.92. The maximum absolute atomic E-state index is 13.0. The molecule has 0 aliphatic carbocycles. The van der Waals surface area contributed by atoms with Crippen LogP contribution in [-0.2, 0) is 9.84 Å². The van der Waals surface area contributed by atoms with Crippen LogP contribution in [0.25, 0.3) is 0 Å². The van der Waals surface area contributed by atoms with Crippen molar-refractivity contribution in [2.75, 3.05) is 18.0 Å². The Labute approximate surface area is 110 Å². The standard InChI is InChI=1S/C12H15FN2O3S/c13-10-4-3-8(6-11(10)14)12(16)15-7-9-2-1-5-19(9,17)18/h3-4,6,9H,1-2,5,7,14H2,(H,15,16). The lowest BCUT2D eigenvalue weighted by Crippen LogP contribution is -2.34. The molecule has 0 saturated carbocycles. The van der Waals surface area contributed by atoms with Gasteiger partial charge in [0.2, 0.25) is 0 Å². The minimum atomic E-state index is -3.08.